The van der Waals surface area contributed by atoms with Gasteiger partial charge in [0.1, 0.15) is 0 Å². The van der Waals surface area contributed by atoms with Crippen molar-refractivity contribution in [3.63, 3.8) is 0 Å². The molecule has 0 saturated carbocycles. The van der Waals surface area contributed by atoms with Crippen molar-refractivity contribution >= 4 is 15.9 Å². The first kappa shape index (κ1) is 22.6. The molecule has 2 saturated heterocycles. The Labute approximate surface area is 161 Å². The fourth-order valence-corrected chi connectivity index (χ4v) is 3.67. The Balaban J connectivity index is 0.000000730. The molecule has 0 bridgehead atoms. The second-order valence-electron chi connectivity index (χ2n) is 5.67. The van der Waals surface area contributed by atoms with Gasteiger partial charge >= 0.3 is 0 Å². The molecule has 0 N–H and O–H groups in total. The van der Waals surface area contributed by atoms with Gasteiger partial charge in [0.2, 0.25) is 0 Å². The quantitative estimate of drug-likeness (QED) is 0.671. The maximum absolute atomic E-state index is 5.63. The first-order valence-electron chi connectivity index (χ1n) is 9.34. The highest BCUT2D eigenvalue weighted by atomic mass is 79.9. The van der Waals surface area contributed by atoms with E-state index in [4.69, 9.17) is 18.9 Å². The number of rotatable bonds is 4. The molecule has 4 nitrogen and oxygen atoms in total. The summed E-state index contributed by atoms with van der Waals surface area (Å²) >= 11 is 3.62. The molecule has 2 fully saturated rings. The van der Waals surface area contributed by atoms with E-state index in [1.54, 1.807) is 7.11 Å². The van der Waals surface area contributed by atoms with Crippen LogP contribution in [0.1, 0.15) is 58.0 Å². The molecular formula is C20H33BrO4. The zero-order valence-electron chi connectivity index (χ0n) is 16.3. The average Bonchev–Trinajstić information content (AvgIpc) is 3.20. The lowest BCUT2D eigenvalue weighted by Crippen LogP contribution is -2.38. The third-order valence-corrected chi connectivity index (χ3v) is 4.75. The van der Waals surface area contributed by atoms with Crippen molar-refractivity contribution in [2.45, 2.75) is 52.2 Å². The van der Waals surface area contributed by atoms with Gasteiger partial charge in [-0.1, -0.05) is 49.7 Å². The van der Waals surface area contributed by atoms with Crippen LogP contribution in [-0.2, 0) is 24.4 Å². The summed E-state index contributed by atoms with van der Waals surface area (Å²) < 4.78 is 23.4. The van der Waals surface area contributed by atoms with E-state index in [2.05, 4.69) is 34.1 Å². The molecule has 0 aromatic heterocycles. The van der Waals surface area contributed by atoms with Crippen LogP contribution in [0.5, 0.6) is 0 Å². The van der Waals surface area contributed by atoms with Gasteiger partial charge in [0.25, 0.3) is 0 Å². The number of halogens is 1. The van der Waals surface area contributed by atoms with Gasteiger partial charge in [0.15, 0.2) is 6.29 Å². The molecule has 144 valence electrons. The minimum Gasteiger partial charge on any atom is -0.384 e. The van der Waals surface area contributed by atoms with Gasteiger partial charge in [-0.3, -0.25) is 0 Å². The predicted octanol–water partition coefficient (Wildman–Crippen LogP) is 5.24. The number of benzene rings is 1. The van der Waals surface area contributed by atoms with Crippen molar-refractivity contribution in [3.05, 3.63) is 33.8 Å². The SMILES string of the molecule is CC.CC.COCC1(c2cc(Br)cc(C3OCCO3)c2)CCOCC1. The van der Waals surface area contributed by atoms with Gasteiger partial charge in [-0.05, 0) is 30.5 Å². The molecule has 0 amide bonds. The summed E-state index contributed by atoms with van der Waals surface area (Å²) in [6, 6.07) is 6.45. The second kappa shape index (κ2) is 12.0. The van der Waals surface area contributed by atoms with E-state index in [1.165, 1.54) is 5.56 Å². The van der Waals surface area contributed by atoms with Crippen molar-refractivity contribution in [3.8, 4) is 0 Å². The van der Waals surface area contributed by atoms with Gasteiger partial charge in [-0.2, -0.15) is 0 Å². The highest BCUT2D eigenvalue weighted by Crippen LogP contribution is 2.38. The minimum absolute atomic E-state index is 0.0180. The van der Waals surface area contributed by atoms with Crippen LogP contribution in [0, 0.1) is 0 Å². The maximum atomic E-state index is 5.63. The maximum Gasteiger partial charge on any atom is 0.184 e. The molecule has 0 aliphatic carbocycles. The summed E-state index contributed by atoms with van der Waals surface area (Å²) in [5.74, 6) is 0. The molecule has 0 atom stereocenters. The zero-order chi connectivity index (χ0) is 18.7. The van der Waals surface area contributed by atoms with Crippen LogP contribution in [0.4, 0.5) is 0 Å². The van der Waals surface area contributed by atoms with Crippen molar-refractivity contribution in [2.75, 3.05) is 40.1 Å². The van der Waals surface area contributed by atoms with E-state index in [9.17, 15) is 0 Å². The minimum atomic E-state index is -0.249. The highest BCUT2D eigenvalue weighted by molar-refractivity contribution is 9.10. The van der Waals surface area contributed by atoms with Crippen LogP contribution < -0.4 is 0 Å². The Kier molecular flexibility index (Phi) is 10.9. The van der Waals surface area contributed by atoms with E-state index in [0.717, 1.165) is 36.1 Å². The normalized spacial score (nSPS) is 19.4. The van der Waals surface area contributed by atoms with Crippen molar-refractivity contribution in [2.24, 2.45) is 0 Å². The van der Waals surface area contributed by atoms with Gasteiger partial charge in [0, 0.05) is 35.8 Å². The third kappa shape index (κ3) is 6.04. The van der Waals surface area contributed by atoms with E-state index in [-0.39, 0.29) is 11.7 Å². The van der Waals surface area contributed by atoms with Crippen LogP contribution >= 0.6 is 15.9 Å². The molecule has 0 spiro atoms. The molecule has 1 aromatic carbocycles. The van der Waals surface area contributed by atoms with Crippen LogP contribution in [0.15, 0.2) is 22.7 Å². The Bertz CT molecular complexity index is 475. The second-order valence-corrected chi connectivity index (χ2v) is 6.59. The Hall–Kier alpha value is -0.460. The largest absolute Gasteiger partial charge is 0.384 e. The van der Waals surface area contributed by atoms with Crippen molar-refractivity contribution < 1.29 is 18.9 Å². The molecule has 1 aromatic rings. The fourth-order valence-electron chi connectivity index (χ4n) is 3.16. The summed E-state index contributed by atoms with van der Waals surface area (Å²) in [5, 5.41) is 0. The van der Waals surface area contributed by atoms with Crippen LogP contribution in [-0.4, -0.2) is 40.1 Å². The third-order valence-electron chi connectivity index (χ3n) is 4.30. The molecule has 0 unspecified atom stereocenters. The molecule has 5 heteroatoms. The number of hydrogen-bond acceptors (Lipinski definition) is 4. The lowest BCUT2D eigenvalue weighted by Gasteiger charge is -2.37. The summed E-state index contributed by atoms with van der Waals surface area (Å²) in [5.41, 5.74) is 2.36. The van der Waals surface area contributed by atoms with Gasteiger partial charge in [-0.15, -0.1) is 0 Å². The fraction of sp³-hybridized carbons (Fsp3) is 0.700. The molecule has 25 heavy (non-hydrogen) atoms. The van der Waals surface area contributed by atoms with E-state index in [0.29, 0.717) is 19.8 Å². The van der Waals surface area contributed by atoms with Gasteiger partial charge < -0.3 is 18.9 Å². The lowest BCUT2D eigenvalue weighted by molar-refractivity contribution is -0.0444. The zero-order valence-corrected chi connectivity index (χ0v) is 17.9. The monoisotopic (exact) mass is 416 g/mol. The van der Waals surface area contributed by atoms with Crippen LogP contribution in [0.3, 0.4) is 0 Å². The van der Waals surface area contributed by atoms with Crippen molar-refractivity contribution in [1.82, 2.24) is 0 Å². The smallest absolute Gasteiger partial charge is 0.184 e. The lowest BCUT2D eigenvalue weighted by atomic mass is 9.74. The number of methoxy groups -OCH3 is 1. The van der Waals surface area contributed by atoms with Crippen molar-refractivity contribution in [1.29, 1.82) is 0 Å². The van der Waals surface area contributed by atoms with Crippen LogP contribution in [0.25, 0.3) is 0 Å². The standard InChI is InChI=1S/C16H21BrO4.2C2H6/c1-18-11-16(2-4-19-5-3-16)13-8-12(9-14(17)10-13)15-20-6-7-21-15;2*1-2/h8-10,15H,2-7,11H2,1H3;2*1-2H3. The average molecular weight is 417 g/mol. The first-order chi connectivity index (χ1) is 12.2. The molecule has 2 aliphatic rings. The molecule has 3 rings (SSSR count). The molecule has 2 aliphatic heterocycles. The molecule has 0 radical (unpaired) electrons. The number of ether oxygens (including phenoxy) is 4. The topological polar surface area (TPSA) is 36.9 Å². The first-order valence-corrected chi connectivity index (χ1v) is 10.1. The summed E-state index contributed by atoms with van der Waals surface area (Å²) in [6.07, 6.45) is 1.70. The van der Waals surface area contributed by atoms with E-state index >= 15 is 0 Å². The summed E-state index contributed by atoms with van der Waals surface area (Å²) in [7, 11) is 1.76. The molecular weight excluding hydrogens is 384 g/mol. The van der Waals surface area contributed by atoms with E-state index < -0.39 is 0 Å². The predicted molar refractivity (Wildman–Crippen MR) is 105 cm³/mol. The number of hydrogen-bond donors (Lipinski definition) is 0. The Morgan fingerprint density at radius 2 is 1.60 bits per heavy atom. The Morgan fingerprint density at radius 3 is 2.16 bits per heavy atom. The summed E-state index contributed by atoms with van der Waals surface area (Å²) in [6.45, 7) is 11.6. The summed E-state index contributed by atoms with van der Waals surface area (Å²) in [4.78, 5) is 0. The highest BCUT2D eigenvalue weighted by Gasteiger charge is 2.35. The van der Waals surface area contributed by atoms with Gasteiger partial charge in [-0.25, -0.2) is 0 Å². The van der Waals surface area contributed by atoms with E-state index in [1.807, 2.05) is 27.7 Å². The molecule has 2 heterocycles. The Morgan fingerprint density at radius 1 is 1.00 bits per heavy atom. The van der Waals surface area contributed by atoms with Gasteiger partial charge in [0.05, 0.1) is 19.8 Å². The van der Waals surface area contributed by atoms with Crippen LogP contribution in [0.2, 0.25) is 0 Å².